The highest BCUT2D eigenvalue weighted by molar-refractivity contribution is 7.99. The molecule has 0 amide bonds. The first kappa shape index (κ1) is 17.0. The van der Waals surface area contributed by atoms with Gasteiger partial charge in [-0.25, -0.2) is 0 Å². The number of hydrogen-bond acceptors (Lipinski definition) is 6. The summed E-state index contributed by atoms with van der Waals surface area (Å²) in [6.45, 7) is 0.305. The molecule has 2 aromatic rings. The third-order valence-electron chi connectivity index (χ3n) is 4.40. The topological polar surface area (TPSA) is 68.2 Å². The minimum absolute atomic E-state index is 0.305. The van der Waals surface area contributed by atoms with Gasteiger partial charge in [0.05, 0.1) is 6.61 Å². The lowest BCUT2D eigenvalue weighted by Crippen LogP contribution is -2.60. The maximum atomic E-state index is 10.6. The van der Waals surface area contributed by atoms with Crippen LogP contribution in [0.3, 0.4) is 0 Å². The largest absolute Gasteiger partial charge is 0.387 e. The molecule has 2 saturated heterocycles. The van der Waals surface area contributed by atoms with Crippen molar-refractivity contribution in [2.75, 3.05) is 6.61 Å². The van der Waals surface area contributed by atoms with Crippen LogP contribution in [0.25, 0.3) is 0 Å². The number of ether oxygens (including phenoxy) is 3. The predicted octanol–water partition coefficient (Wildman–Crippen LogP) is 2.34. The highest BCUT2D eigenvalue weighted by Gasteiger charge is 2.49. The summed E-state index contributed by atoms with van der Waals surface area (Å²) < 4.78 is 17.6. The average molecular weight is 360 g/mol. The molecule has 0 radical (unpaired) electrons. The lowest BCUT2D eigenvalue weighted by atomic mass is 9.99. The van der Waals surface area contributed by atoms with Crippen LogP contribution in [0.15, 0.2) is 65.6 Å². The number of benzene rings is 2. The van der Waals surface area contributed by atoms with Crippen LogP contribution >= 0.6 is 11.8 Å². The fraction of sp³-hybridized carbons (Fsp3) is 0.368. The summed E-state index contributed by atoms with van der Waals surface area (Å²) in [5.74, 6) is 0. The van der Waals surface area contributed by atoms with E-state index in [1.165, 1.54) is 11.8 Å². The molecule has 2 aliphatic heterocycles. The number of hydrogen-bond donors (Lipinski definition) is 2. The van der Waals surface area contributed by atoms with Crippen LogP contribution < -0.4 is 0 Å². The van der Waals surface area contributed by atoms with E-state index < -0.39 is 36.1 Å². The molecule has 6 heteroatoms. The summed E-state index contributed by atoms with van der Waals surface area (Å²) in [6.07, 6.45) is -3.68. The second-order valence-electron chi connectivity index (χ2n) is 6.13. The molecule has 132 valence electrons. The SMILES string of the molecule is O[C@@H]1[C@H](O)[C@H](Sc2ccccc2)O[C@@H]2COC(c3ccccc3)O[C@@H]12. The van der Waals surface area contributed by atoms with Crippen LogP contribution in [0, 0.1) is 0 Å². The molecule has 2 heterocycles. The van der Waals surface area contributed by atoms with Gasteiger partial charge in [0.15, 0.2) is 6.29 Å². The monoisotopic (exact) mass is 360 g/mol. The Balaban J connectivity index is 1.46. The van der Waals surface area contributed by atoms with Crippen LogP contribution in [0.5, 0.6) is 0 Å². The molecule has 0 aromatic heterocycles. The molecule has 1 unspecified atom stereocenters. The molecule has 0 spiro atoms. The Morgan fingerprint density at radius 3 is 2.24 bits per heavy atom. The van der Waals surface area contributed by atoms with Gasteiger partial charge in [-0.05, 0) is 12.1 Å². The zero-order valence-electron chi connectivity index (χ0n) is 13.5. The molecule has 5 nitrogen and oxygen atoms in total. The van der Waals surface area contributed by atoms with Crippen molar-refractivity contribution < 1.29 is 24.4 Å². The molecule has 0 aliphatic carbocycles. The first-order valence-electron chi connectivity index (χ1n) is 8.28. The van der Waals surface area contributed by atoms with Gasteiger partial charge in [0.1, 0.15) is 29.9 Å². The Morgan fingerprint density at radius 1 is 0.840 bits per heavy atom. The lowest BCUT2D eigenvalue weighted by molar-refractivity contribution is -0.318. The van der Waals surface area contributed by atoms with Crippen molar-refractivity contribution in [2.45, 2.75) is 41.0 Å². The smallest absolute Gasteiger partial charge is 0.184 e. The summed E-state index contributed by atoms with van der Waals surface area (Å²) in [6, 6.07) is 19.2. The van der Waals surface area contributed by atoms with E-state index in [0.29, 0.717) is 6.61 Å². The Morgan fingerprint density at radius 2 is 1.52 bits per heavy atom. The maximum Gasteiger partial charge on any atom is 0.184 e. The van der Waals surface area contributed by atoms with Gasteiger partial charge in [-0.3, -0.25) is 0 Å². The molecular formula is C19H20O5S. The average Bonchev–Trinajstić information content (AvgIpc) is 2.67. The summed E-state index contributed by atoms with van der Waals surface area (Å²) in [5, 5.41) is 21.0. The molecule has 2 aliphatic rings. The first-order valence-corrected chi connectivity index (χ1v) is 9.15. The van der Waals surface area contributed by atoms with Gasteiger partial charge in [0.2, 0.25) is 0 Å². The van der Waals surface area contributed by atoms with Gasteiger partial charge in [-0.2, -0.15) is 0 Å². The van der Waals surface area contributed by atoms with Crippen molar-refractivity contribution in [3.63, 3.8) is 0 Å². The van der Waals surface area contributed by atoms with Crippen LogP contribution in [0.4, 0.5) is 0 Å². The van der Waals surface area contributed by atoms with Crippen LogP contribution in [-0.4, -0.2) is 46.7 Å². The quantitative estimate of drug-likeness (QED) is 0.876. The van der Waals surface area contributed by atoms with Gasteiger partial charge < -0.3 is 24.4 Å². The second-order valence-corrected chi connectivity index (χ2v) is 7.30. The van der Waals surface area contributed by atoms with Crippen molar-refractivity contribution in [2.24, 2.45) is 0 Å². The van der Waals surface area contributed by atoms with Crippen molar-refractivity contribution in [3.05, 3.63) is 66.2 Å². The summed E-state index contributed by atoms with van der Waals surface area (Å²) in [4.78, 5) is 0.969. The molecule has 2 N–H and O–H groups in total. The van der Waals surface area contributed by atoms with Gasteiger partial charge in [0, 0.05) is 10.5 Å². The zero-order chi connectivity index (χ0) is 17.2. The molecular weight excluding hydrogens is 340 g/mol. The van der Waals surface area contributed by atoms with Crippen LogP contribution in [-0.2, 0) is 14.2 Å². The third kappa shape index (κ3) is 3.60. The molecule has 25 heavy (non-hydrogen) atoms. The molecule has 2 aromatic carbocycles. The van der Waals surface area contributed by atoms with E-state index in [9.17, 15) is 10.2 Å². The van der Waals surface area contributed by atoms with Gasteiger partial charge in [-0.15, -0.1) is 0 Å². The minimum Gasteiger partial charge on any atom is -0.387 e. The van der Waals surface area contributed by atoms with E-state index >= 15 is 0 Å². The zero-order valence-corrected chi connectivity index (χ0v) is 14.3. The van der Waals surface area contributed by atoms with E-state index in [2.05, 4.69) is 0 Å². The van der Waals surface area contributed by atoms with E-state index in [-0.39, 0.29) is 0 Å². The van der Waals surface area contributed by atoms with Crippen LogP contribution in [0.2, 0.25) is 0 Å². The summed E-state index contributed by atoms with van der Waals surface area (Å²) >= 11 is 1.39. The number of aliphatic hydroxyl groups is 2. The lowest BCUT2D eigenvalue weighted by Gasteiger charge is -2.46. The molecule has 4 rings (SSSR count). The van der Waals surface area contributed by atoms with Gasteiger partial charge in [0.25, 0.3) is 0 Å². The van der Waals surface area contributed by atoms with Crippen molar-refractivity contribution in [1.82, 2.24) is 0 Å². The first-order chi connectivity index (χ1) is 12.2. The number of rotatable bonds is 3. The number of fused-ring (bicyclic) bond motifs is 1. The van der Waals surface area contributed by atoms with Crippen molar-refractivity contribution in [1.29, 1.82) is 0 Å². The molecule has 0 saturated carbocycles. The van der Waals surface area contributed by atoms with Crippen LogP contribution in [0.1, 0.15) is 11.9 Å². The highest BCUT2D eigenvalue weighted by atomic mass is 32.2. The van der Waals surface area contributed by atoms with E-state index in [0.717, 1.165) is 10.5 Å². The number of thioether (sulfide) groups is 1. The Labute approximate surface area is 150 Å². The fourth-order valence-corrected chi connectivity index (χ4v) is 4.17. The van der Waals surface area contributed by atoms with Gasteiger partial charge in [-0.1, -0.05) is 60.3 Å². The highest BCUT2D eigenvalue weighted by Crippen LogP contribution is 2.38. The Kier molecular flexibility index (Phi) is 5.08. The Hall–Kier alpha value is -1.41. The van der Waals surface area contributed by atoms with E-state index in [1.54, 1.807) is 0 Å². The van der Waals surface area contributed by atoms with E-state index in [1.807, 2.05) is 60.7 Å². The second kappa shape index (κ2) is 7.45. The fourth-order valence-electron chi connectivity index (χ4n) is 3.09. The Bertz CT molecular complexity index is 681. The third-order valence-corrected chi connectivity index (χ3v) is 5.57. The maximum absolute atomic E-state index is 10.6. The molecule has 2 fully saturated rings. The van der Waals surface area contributed by atoms with Crippen molar-refractivity contribution in [3.8, 4) is 0 Å². The normalized spacial score (nSPS) is 35.1. The standard InChI is InChI=1S/C19H20O5S/c20-15-16(21)19(25-13-9-5-2-6-10-13)23-14-11-22-18(24-17(14)15)12-7-3-1-4-8-12/h1-10,14-21H,11H2/t14-,15-,16+,17-,18?,19+/m1/s1. The van der Waals surface area contributed by atoms with Gasteiger partial charge >= 0.3 is 0 Å². The number of aliphatic hydroxyl groups excluding tert-OH is 2. The van der Waals surface area contributed by atoms with E-state index in [4.69, 9.17) is 14.2 Å². The minimum atomic E-state index is -1.04. The predicted molar refractivity (Wildman–Crippen MR) is 93.0 cm³/mol. The summed E-state index contributed by atoms with van der Waals surface area (Å²) in [7, 11) is 0. The van der Waals surface area contributed by atoms with Crippen molar-refractivity contribution >= 4 is 11.8 Å². The molecule has 0 bridgehead atoms. The molecule has 6 atom stereocenters. The summed E-state index contributed by atoms with van der Waals surface area (Å²) in [5.41, 5.74) is 0.308.